The van der Waals surface area contributed by atoms with E-state index in [1.54, 1.807) is 13.8 Å². The molecule has 0 aromatic carbocycles. The highest BCUT2D eigenvalue weighted by Gasteiger charge is 2.24. The Bertz CT molecular complexity index is 484. The summed E-state index contributed by atoms with van der Waals surface area (Å²) >= 11 is 0. The van der Waals surface area contributed by atoms with Crippen LogP contribution in [0.25, 0.3) is 0 Å². The van der Waals surface area contributed by atoms with E-state index >= 15 is 0 Å². The highest BCUT2D eigenvalue weighted by molar-refractivity contribution is 7.89. The zero-order valence-corrected chi connectivity index (χ0v) is 11.4. The van der Waals surface area contributed by atoms with Crippen LogP contribution in [0.4, 0.5) is 0 Å². The zero-order chi connectivity index (χ0) is 13.2. The van der Waals surface area contributed by atoms with Crippen LogP contribution in [0.1, 0.15) is 30.7 Å². The van der Waals surface area contributed by atoms with Gasteiger partial charge in [0.05, 0.1) is 6.10 Å². The first-order valence-electron chi connectivity index (χ1n) is 6.05. The second-order valence-electron chi connectivity index (χ2n) is 4.47. The van der Waals surface area contributed by atoms with Gasteiger partial charge >= 0.3 is 0 Å². The molecular formula is C11H18N2O4S. The lowest BCUT2D eigenvalue weighted by atomic mass is 10.2. The van der Waals surface area contributed by atoms with Gasteiger partial charge in [-0.3, -0.25) is 0 Å². The van der Waals surface area contributed by atoms with Gasteiger partial charge in [0.2, 0.25) is 10.0 Å². The average Bonchev–Trinajstić information content (AvgIpc) is 2.89. The number of nitrogens with one attached hydrogen (secondary N) is 1. The molecule has 2 heterocycles. The van der Waals surface area contributed by atoms with Crippen LogP contribution < -0.4 is 4.72 Å². The van der Waals surface area contributed by atoms with Crippen LogP contribution in [-0.2, 0) is 14.8 Å². The van der Waals surface area contributed by atoms with Crippen molar-refractivity contribution in [2.24, 2.45) is 0 Å². The molecule has 7 heteroatoms. The van der Waals surface area contributed by atoms with Crippen molar-refractivity contribution in [3.63, 3.8) is 0 Å². The van der Waals surface area contributed by atoms with Crippen LogP contribution in [-0.4, -0.2) is 32.8 Å². The van der Waals surface area contributed by atoms with Gasteiger partial charge in [-0.25, -0.2) is 13.1 Å². The van der Waals surface area contributed by atoms with Gasteiger partial charge in [0.1, 0.15) is 10.6 Å². The van der Waals surface area contributed by atoms with Crippen molar-refractivity contribution in [1.82, 2.24) is 9.88 Å². The van der Waals surface area contributed by atoms with E-state index in [0.717, 1.165) is 19.4 Å². The molecule has 0 amide bonds. The molecule has 1 aromatic heterocycles. The molecule has 0 radical (unpaired) electrons. The maximum Gasteiger partial charge on any atom is 0.245 e. The van der Waals surface area contributed by atoms with Gasteiger partial charge in [-0.2, -0.15) is 0 Å². The van der Waals surface area contributed by atoms with Gasteiger partial charge in [-0.15, -0.1) is 0 Å². The maximum atomic E-state index is 12.1. The lowest BCUT2D eigenvalue weighted by molar-refractivity contribution is 0.105. The molecule has 18 heavy (non-hydrogen) atoms. The second kappa shape index (κ2) is 5.38. The third kappa shape index (κ3) is 2.90. The number of hydrogen-bond donors (Lipinski definition) is 1. The molecule has 0 bridgehead atoms. The van der Waals surface area contributed by atoms with Gasteiger partial charge in [0.25, 0.3) is 0 Å². The van der Waals surface area contributed by atoms with Crippen molar-refractivity contribution in [2.75, 3.05) is 13.2 Å². The Hall–Kier alpha value is -0.920. The third-order valence-electron chi connectivity index (χ3n) is 3.02. The number of aromatic nitrogens is 1. The van der Waals surface area contributed by atoms with Gasteiger partial charge in [-0.1, -0.05) is 5.16 Å². The fourth-order valence-corrected chi connectivity index (χ4v) is 3.53. The Labute approximate surface area is 107 Å². The molecule has 1 saturated heterocycles. The SMILES string of the molecule is Cc1noc(C)c1S(=O)(=O)NCC[C@H]1CCCO1. The van der Waals surface area contributed by atoms with Crippen molar-refractivity contribution < 1.29 is 17.7 Å². The molecule has 1 atom stereocenters. The van der Waals surface area contributed by atoms with Crippen molar-refractivity contribution >= 4 is 10.0 Å². The van der Waals surface area contributed by atoms with Crippen LogP contribution in [0.2, 0.25) is 0 Å². The summed E-state index contributed by atoms with van der Waals surface area (Å²) < 4.78 is 37.0. The van der Waals surface area contributed by atoms with Gasteiger partial charge in [-0.05, 0) is 33.1 Å². The van der Waals surface area contributed by atoms with Crippen LogP contribution >= 0.6 is 0 Å². The normalized spacial score (nSPS) is 20.4. The van der Waals surface area contributed by atoms with E-state index in [-0.39, 0.29) is 11.0 Å². The molecule has 102 valence electrons. The molecule has 0 unspecified atom stereocenters. The molecule has 1 N–H and O–H groups in total. The van der Waals surface area contributed by atoms with E-state index in [1.807, 2.05) is 0 Å². The van der Waals surface area contributed by atoms with Gasteiger partial charge in [0.15, 0.2) is 5.76 Å². The van der Waals surface area contributed by atoms with Crippen molar-refractivity contribution in [1.29, 1.82) is 0 Å². The van der Waals surface area contributed by atoms with Crippen molar-refractivity contribution in [3.05, 3.63) is 11.5 Å². The van der Waals surface area contributed by atoms with E-state index in [0.29, 0.717) is 24.4 Å². The monoisotopic (exact) mass is 274 g/mol. The first kappa shape index (κ1) is 13.5. The number of ether oxygens (including phenoxy) is 1. The lowest BCUT2D eigenvalue weighted by Gasteiger charge is -2.10. The average molecular weight is 274 g/mol. The molecule has 1 aromatic rings. The summed E-state index contributed by atoms with van der Waals surface area (Å²) in [5.41, 5.74) is 0.386. The summed E-state index contributed by atoms with van der Waals surface area (Å²) in [5, 5.41) is 3.65. The number of hydrogen-bond acceptors (Lipinski definition) is 5. The van der Waals surface area contributed by atoms with E-state index < -0.39 is 10.0 Å². The lowest BCUT2D eigenvalue weighted by Crippen LogP contribution is -2.28. The molecule has 0 aliphatic carbocycles. The Balaban J connectivity index is 1.95. The molecule has 1 aliphatic rings. The topological polar surface area (TPSA) is 81.4 Å². The molecule has 1 aliphatic heterocycles. The van der Waals surface area contributed by atoms with E-state index in [9.17, 15) is 8.42 Å². The quantitative estimate of drug-likeness (QED) is 0.870. The number of sulfonamides is 1. The molecule has 1 fully saturated rings. The predicted molar refractivity (Wildman–Crippen MR) is 64.8 cm³/mol. The minimum atomic E-state index is -3.53. The Morgan fingerprint density at radius 2 is 2.22 bits per heavy atom. The van der Waals surface area contributed by atoms with Crippen LogP contribution in [0.5, 0.6) is 0 Å². The molecule has 2 rings (SSSR count). The Morgan fingerprint density at radius 1 is 1.44 bits per heavy atom. The highest BCUT2D eigenvalue weighted by Crippen LogP contribution is 2.19. The minimum absolute atomic E-state index is 0.148. The first-order chi connectivity index (χ1) is 8.50. The van der Waals surface area contributed by atoms with Crippen LogP contribution in [0.15, 0.2) is 9.42 Å². The summed E-state index contributed by atoms with van der Waals surface area (Å²) in [7, 11) is -3.53. The minimum Gasteiger partial charge on any atom is -0.378 e. The molecule has 0 saturated carbocycles. The third-order valence-corrected chi connectivity index (χ3v) is 4.72. The van der Waals surface area contributed by atoms with Crippen molar-refractivity contribution in [2.45, 2.75) is 44.1 Å². The predicted octanol–water partition coefficient (Wildman–Crippen LogP) is 1.14. The maximum absolute atomic E-state index is 12.1. The molecule has 0 spiro atoms. The van der Waals surface area contributed by atoms with Crippen molar-refractivity contribution in [3.8, 4) is 0 Å². The van der Waals surface area contributed by atoms with E-state index in [2.05, 4.69) is 9.88 Å². The van der Waals surface area contributed by atoms with Crippen LogP contribution in [0.3, 0.4) is 0 Å². The largest absolute Gasteiger partial charge is 0.378 e. The number of rotatable bonds is 5. The molecular weight excluding hydrogens is 256 g/mol. The molecule has 6 nitrogen and oxygen atoms in total. The summed E-state index contributed by atoms with van der Waals surface area (Å²) in [6.45, 7) is 4.36. The smallest absolute Gasteiger partial charge is 0.245 e. The number of nitrogens with zero attached hydrogens (tertiary/aromatic N) is 1. The van der Waals surface area contributed by atoms with E-state index in [1.165, 1.54) is 0 Å². The summed E-state index contributed by atoms with van der Waals surface area (Å²) in [6, 6.07) is 0. The highest BCUT2D eigenvalue weighted by atomic mass is 32.2. The zero-order valence-electron chi connectivity index (χ0n) is 10.6. The first-order valence-corrected chi connectivity index (χ1v) is 7.53. The second-order valence-corrected chi connectivity index (χ2v) is 6.18. The fraction of sp³-hybridized carbons (Fsp3) is 0.727. The summed E-state index contributed by atoms with van der Waals surface area (Å²) in [6.07, 6.45) is 2.94. The van der Waals surface area contributed by atoms with Gasteiger partial charge in [0, 0.05) is 13.2 Å². The summed E-state index contributed by atoms with van der Waals surface area (Å²) in [4.78, 5) is 0.148. The van der Waals surface area contributed by atoms with Gasteiger partial charge < -0.3 is 9.26 Å². The Kier molecular flexibility index (Phi) is 4.04. The Morgan fingerprint density at radius 3 is 2.78 bits per heavy atom. The standard InChI is InChI=1S/C11H18N2O4S/c1-8-11(9(2)17-13-8)18(14,15)12-6-5-10-4-3-7-16-10/h10,12H,3-7H2,1-2H3/t10-/m1/s1. The fourth-order valence-electron chi connectivity index (χ4n) is 2.16. The summed E-state index contributed by atoms with van der Waals surface area (Å²) in [5.74, 6) is 0.317. The van der Waals surface area contributed by atoms with E-state index in [4.69, 9.17) is 9.26 Å². The number of aryl methyl sites for hydroxylation is 2. The van der Waals surface area contributed by atoms with Crippen LogP contribution in [0, 0.1) is 13.8 Å².